The van der Waals surface area contributed by atoms with Crippen LogP contribution in [0.3, 0.4) is 0 Å². The van der Waals surface area contributed by atoms with Gasteiger partial charge < -0.3 is 0 Å². The lowest BCUT2D eigenvalue weighted by Gasteiger charge is -2.07. The third-order valence-electron chi connectivity index (χ3n) is 5.81. The molecular weight excluding hydrogens is 348 g/mol. The van der Waals surface area contributed by atoms with Crippen LogP contribution in [0.2, 0.25) is 0 Å². The highest BCUT2D eigenvalue weighted by atomic mass is 35.5. The van der Waals surface area contributed by atoms with Crippen LogP contribution in [0.25, 0.3) is 0 Å². The first-order chi connectivity index (χ1) is 13.4. The van der Waals surface area contributed by atoms with Gasteiger partial charge in [-0.05, 0) is 24.0 Å². The van der Waals surface area contributed by atoms with Gasteiger partial charge in [-0.3, -0.25) is 0 Å². The van der Waals surface area contributed by atoms with Crippen molar-refractivity contribution < 1.29 is 0 Å². The van der Waals surface area contributed by atoms with Gasteiger partial charge in [-0.1, -0.05) is 134 Å². The van der Waals surface area contributed by atoms with Crippen LogP contribution in [0.1, 0.15) is 127 Å². The van der Waals surface area contributed by atoms with Crippen molar-refractivity contribution in [1.82, 2.24) is 0 Å². The molecule has 156 valence electrons. The molecule has 0 amide bonds. The first kappa shape index (κ1) is 24.5. The van der Waals surface area contributed by atoms with E-state index < -0.39 is 0 Å². The SMILES string of the molecule is CCCCCCCCCCCCCCCCCCCc1ccccc1CCl. The van der Waals surface area contributed by atoms with E-state index in [9.17, 15) is 0 Å². The molecule has 27 heavy (non-hydrogen) atoms. The van der Waals surface area contributed by atoms with Crippen molar-refractivity contribution in [3.05, 3.63) is 35.4 Å². The Morgan fingerprint density at radius 1 is 0.519 bits per heavy atom. The van der Waals surface area contributed by atoms with Gasteiger partial charge in [0.25, 0.3) is 0 Å². The number of hydrogen-bond acceptors (Lipinski definition) is 0. The third-order valence-corrected chi connectivity index (χ3v) is 6.10. The number of benzene rings is 1. The van der Waals surface area contributed by atoms with Crippen LogP contribution in [-0.4, -0.2) is 0 Å². The highest BCUT2D eigenvalue weighted by molar-refractivity contribution is 6.17. The quantitative estimate of drug-likeness (QED) is 0.162. The van der Waals surface area contributed by atoms with Gasteiger partial charge in [0, 0.05) is 5.88 Å². The van der Waals surface area contributed by atoms with Crippen LogP contribution in [0.5, 0.6) is 0 Å². The topological polar surface area (TPSA) is 0 Å². The fourth-order valence-electron chi connectivity index (χ4n) is 3.97. The molecule has 0 aromatic heterocycles. The van der Waals surface area contributed by atoms with Crippen LogP contribution < -0.4 is 0 Å². The largest absolute Gasteiger partial charge is 0.122 e. The molecule has 0 unspecified atom stereocenters. The predicted molar refractivity (Wildman–Crippen MR) is 124 cm³/mol. The fraction of sp³-hybridized carbons (Fsp3) is 0.769. The zero-order valence-electron chi connectivity index (χ0n) is 18.1. The predicted octanol–water partition coefficient (Wildman–Crippen LogP) is 9.62. The number of halogens is 1. The second-order valence-electron chi connectivity index (χ2n) is 8.31. The Morgan fingerprint density at radius 3 is 1.30 bits per heavy atom. The van der Waals surface area contributed by atoms with Crippen molar-refractivity contribution in [3.63, 3.8) is 0 Å². The lowest BCUT2D eigenvalue weighted by atomic mass is 10.0. The Balaban J connectivity index is 1.78. The lowest BCUT2D eigenvalue weighted by molar-refractivity contribution is 0.527. The Kier molecular flexibility index (Phi) is 17.1. The zero-order valence-corrected chi connectivity index (χ0v) is 18.9. The number of alkyl halides is 1. The van der Waals surface area contributed by atoms with Crippen LogP contribution in [0, 0.1) is 0 Å². The van der Waals surface area contributed by atoms with E-state index in [1.54, 1.807) is 0 Å². The molecule has 0 aliphatic heterocycles. The van der Waals surface area contributed by atoms with E-state index in [0.29, 0.717) is 5.88 Å². The van der Waals surface area contributed by atoms with Crippen molar-refractivity contribution in [1.29, 1.82) is 0 Å². The van der Waals surface area contributed by atoms with Crippen LogP contribution in [0.4, 0.5) is 0 Å². The Hall–Kier alpha value is -0.490. The molecule has 0 nitrogen and oxygen atoms in total. The monoisotopic (exact) mass is 392 g/mol. The Labute approximate surface area is 175 Å². The molecule has 0 saturated heterocycles. The van der Waals surface area contributed by atoms with E-state index >= 15 is 0 Å². The molecule has 0 aliphatic carbocycles. The highest BCUT2D eigenvalue weighted by Gasteiger charge is 2.00. The standard InChI is InChI=1S/C26H45Cl/c1-2-3-4-5-6-7-8-9-10-11-12-13-14-15-16-17-18-21-25-22-19-20-23-26(25)24-27/h19-20,22-23H,2-18,21,24H2,1H3. The first-order valence-corrected chi connectivity index (χ1v) is 12.5. The summed E-state index contributed by atoms with van der Waals surface area (Å²) in [6.07, 6.45) is 25.6. The summed E-state index contributed by atoms with van der Waals surface area (Å²) in [6.45, 7) is 2.30. The van der Waals surface area contributed by atoms with Crippen molar-refractivity contribution in [3.8, 4) is 0 Å². The molecule has 0 spiro atoms. The minimum Gasteiger partial charge on any atom is -0.122 e. The summed E-state index contributed by atoms with van der Waals surface area (Å²) in [7, 11) is 0. The van der Waals surface area contributed by atoms with Gasteiger partial charge in [0.1, 0.15) is 0 Å². The highest BCUT2D eigenvalue weighted by Crippen LogP contribution is 2.17. The smallest absolute Gasteiger partial charge is 0.0476 e. The van der Waals surface area contributed by atoms with E-state index in [2.05, 4.69) is 31.2 Å². The van der Waals surface area contributed by atoms with Crippen LogP contribution in [0.15, 0.2) is 24.3 Å². The molecule has 0 radical (unpaired) electrons. The number of rotatable bonds is 19. The van der Waals surface area contributed by atoms with Gasteiger partial charge in [0.15, 0.2) is 0 Å². The van der Waals surface area contributed by atoms with E-state index in [0.717, 1.165) is 0 Å². The minimum absolute atomic E-state index is 0.648. The van der Waals surface area contributed by atoms with Gasteiger partial charge >= 0.3 is 0 Å². The third kappa shape index (κ3) is 14.2. The molecule has 1 heteroatoms. The number of hydrogen-bond donors (Lipinski definition) is 0. The van der Waals surface area contributed by atoms with Crippen molar-refractivity contribution in [2.24, 2.45) is 0 Å². The van der Waals surface area contributed by atoms with E-state index in [1.165, 1.54) is 127 Å². The maximum atomic E-state index is 6.01. The average molecular weight is 393 g/mol. The van der Waals surface area contributed by atoms with Gasteiger partial charge in [0.2, 0.25) is 0 Å². The molecule has 0 aliphatic rings. The molecule has 0 fully saturated rings. The second kappa shape index (κ2) is 18.9. The summed E-state index contributed by atoms with van der Waals surface area (Å²) in [4.78, 5) is 0. The van der Waals surface area contributed by atoms with Gasteiger partial charge in [0.05, 0.1) is 0 Å². The molecule has 0 atom stereocenters. The van der Waals surface area contributed by atoms with Crippen molar-refractivity contribution in [2.45, 2.75) is 128 Å². The van der Waals surface area contributed by atoms with Crippen molar-refractivity contribution >= 4 is 11.6 Å². The molecule has 0 N–H and O–H groups in total. The fourth-order valence-corrected chi connectivity index (χ4v) is 4.23. The summed E-state index contributed by atoms with van der Waals surface area (Å²) < 4.78 is 0. The number of aryl methyl sites for hydroxylation is 1. The average Bonchev–Trinajstić information content (AvgIpc) is 2.70. The van der Waals surface area contributed by atoms with Crippen LogP contribution in [-0.2, 0) is 12.3 Å². The number of unbranched alkanes of at least 4 members (excludes halogenated alkanes) is 16. The summed E-state index contributed by atoms with van der Waals surface area (Å²) in [6, 6.07) is 8.63. The Bertz CT molecular complexity index is 426. The second-order valence-corrected chi connectivity index (χ2v) is 8.58. The first-order valence-electron chi connectivity index (χ1n) is 12.0. The normalized spacial score (nSPS) is 11.2. The minimum atomic E-state index is 0.648. The molecule has 0 saturated carbocycles. The van der Waals surface area contributed by atoms with Gasteiger partial charge in [-0.2, -0.15) is 0 Å². The molecule has 1 aromatic carbocycles. The van der Waals surface area contributed by atoms with E-state index in [4.69, 9.17) is 11.6 Å². The summed E-state index contributed by atoms with van der Waals surface area (Å²) in [5.41, 5.74) is 2.77. The Morgan fingerprint density at radius 2 is 0.889 bits per heavy atom. The maximum Gasteiger partial charge on any atom is 0.0476 e. The summed E-state index contributed by atoms with van der Waals surface area (Å²) >= 11 is 6.01. The molecular formula is C26H45Cl. The van der Waals surface area contributed by atoms with Gasteiger partial charge in [-0.25, -0.2) is 0 Å². The molecule has 0 heterocycles. The van der Waals surface area contributed by atoms with Crippen molar-refractivity contribution in [2.75, 3.05) is 0 Å². The zero-order chi connectivity index (χ0) is 19.4. The lowest BCUT2D eigenvalue weighted by Crippen LogP contribution is -1.92. The van der Waals surface area contributed by atoms with E-state index in [1.807, 2.05) is 0 Å². The molecule has 1 aromatic rings. The van der Waals surface area contributed by atoms with Crippen LogP contribution >= 0.6 is 11.6 Å². The summed E-state index contributed by atoms with van der Waals surface area (Å²) in [5, 5.41) is 0. The van der Waals surface area contributed by atoms with Gasteiger partial charge in [-0.15, -0.1) is 11.6 Å². The maximum absolute atomic E-state index is 6.01. The summed E-state index contributed by atoms with van der Waals surface area (Å²) in [5.74, 6) is 0.648. The molecule has 1 rings (SSSR count). The molecule has 0 bridgehead atoms. The van der Waals surface area contributed by atoms with E-state index in [-0.39, 0.29) is 0 Å².